The number of hydrogen-bond donors (Lipinski definition) is 0. The fourth-order valence-corrected chi connectivity index (χ4v) is 2.26. The van der Waals surface area contributed by atoms with Gasteiger partial charge in [-0.25, -0.2) is 0 Å². The van der Waals surface area contributed by atoms with Gasteiger partial charge in [0.15, 0.2) is 0 Å². The van der Waals surface area contributed by atoms with E-state index in [1.165, 1.54) is 31.2 Å². The Labute approximate surface area is 93.6 Å². The molecule has 0 spiro atoms. The molecule has 0 bridgehead atoms. The molecule has 0 N–H and O–H groups in total. The van der Waals surface area contributed by atoms with E-state index in [4.69, 9.17) is 4.74 Å². The molecule has 0 aromatic heterocycles. The van der Waals surface area contributed by atoms with Crippen molar-refractivity contribution in [3.05, 3.63) is 28.2 Å². The van der Waals surface area contributed by atoms with Gasteiger partial charge in [-0.15, -0.1) is 0 Å². The molecule has 2 rings (SSSR count). The van der Waals surface area contributed by atoms with E-state index >= 15 is 0 Å². The van der Waals surface area contributed by atoms with Gasteiger partial charge in [-0.2, -0.15) is 0 Å². The van der Waals surface area contributed by atoms with Crippen LogP contribution in [-0.4, -0.2) is 6.10 Å². The Bertz CT molecular complexity index is 316. The van der Waals surface area contributed by atoms with Crippen molar-refractivity contribution in [3.63, 3.8) is 0 Å². The summed E-state index contributed by atoms with van der Waals surface area (Å²) in [6, 6.07) is 6.17. The molecule has 1 saturated carbocycles. The second-order valence-corrected chi connectivity index (χ2v) is 4.70. The monoisotopic (exact) mass is 254 g/mol. The summed E-state index contributed by atoms with van der Waals surface area (Å²) in [6.07, 6.45) is 5.48. The molecule has 1 fully saturated rings. The van der Waals surface area contributed by atoms with Crippen LogP contribution < -0.4 is 4.74 Å². The summed E-state index contributed by atoms with van der Waals surface area (Å²) in [7, 11) is 0. The van der Waals surface area contributed by atoms with Gasteiger partial charge in [-0.3, -0.25) is 0 Å². The van der Waals surface area contributed by atoms with Crippen LogP contribution in [0, 0.1) is 6.92 Å². The molecule has 1 aromatic carbocycles. The van der Waals surface area contributed by atoms with Gasteiger partial charge in [0.1, 0.15) is 5.75 Å². The van der Waals surface area contributed by atoms with E-state index in [1.807, 2.05) is 12.1 Å². The minimum atomic E-state index is 0.438. The zero-order valence-corrected chi connectivity index (χ0v) is 10.0. The molecule has 0 radical (unpaired) electrons. The van der Waals surface area contributed by atoms with Gasteiger partial charge < -0.3 is 4.74 Å². The summed E-state index contributed by atoms with van der Waals surface area (Å²) in [5, 5.41) is 0. The van der Waals surface area contributed by atoms with Gasteiger partial charge in [0.25, 0.3) is 0 Å². The van der Waals surface area contributed by atoms with Crippen molar-refractivity contribution in [3.8, 4) is 5.75 Å². The topological polar surface area (TPSA) is 9.23 Å². The zero-order chi connectivity index (χ0) is 9.97. The second-order valence-electron chi connectivity index (χ2n) is 3.91. The smallest absolute Gasteiger partial charge is 0.134 e. The van der Waals surface area contributed by atoms with E-state index in [9.17, 15) is 0 Å². The van der Waals surface area contributed by atoms with Gasteiger partial charge in [0, 0.05) is 0 Å². The summed E-state index contributed by atoms with van der Waals surface area (Å²) in [4.78, 5) is 0. The molecule has 0 heterocycles. The van der Waals surface area contributed by atoms with E-state index in [0.717, 1.165) is 10.2 Å². The number of hydrogen-bond acceptors (Lipinski definition) is 1. The third-order valence-corrected chi connectivity index (χ3v) is 3.77. The summed E-state index contributed by atoms with van der Waals surface area (Å²) in [5.74, 6) is 0.997. The van der Waals surface area contributed by atoms with Crippen LogP contribution in [0.5, 0.6) is 5.75 Å². The number of rotatable bonds is 2. The Morgan fingerprint density at radius 2 is 2.00 bits per heavy atom. The molecule has 0 unspecified atom stereocenters. The minimum absolute atomic E-state index is 0.438. The number of ether oxygens (including phenoxy) is 1. The maximum absolute atomic E-state index is 5.94. The molecule has 14 heavy (non-hydrogen) atoms. The Morgan fingerprint density at radius 1 is 1.29 bits per heavy atom. The molecule has 0 atom stereocenters. The molecule has 1 aliphatic rings. The molecule has 76 valence electrons. The van der Waals surface area contributed by atoms with Crippen LogP contribution in [0.25, 0.3) is 0 Å². The Hall–Kier alpha value is -0.500. The third-order valence-electron chi connectivity index (χ3n) is 2.75. The molecule has 0 aliphatic heterocycles. The highest BCUT2D eigenvalue weighted by molar-refractivity contribution is 9.10. The molecule has 1 aromatic rings. The lowest BCUT2D eigenvalue weighted by Crippen LogP contribution is -2.11. The lowest BCUT2D eigenvalue weighted by Gasteiger charge is -2.15. The van der Waals surface area contributed by atoms with Crippen molar-refractivity contribution in [2.45, 2.75) is 38.7 Å². The maximum atomic E-state index is 5.94. The first-order valence-corrected chi connectivity index (χ1v) is 5.98. The molecule has 0 saturated heterocycles. The fraction of sp³-hybridized carbons (Fsp3) is 0.500. The quantitative estimate of drug-likeness (QED) is 0.773. The average Bonchev–Trinajstić information content (AvgIpc) is 2.66. The van der Waals surface area contributed by atoms with Crippen LogP contribution in [0.2, 0.25) is 0 Å². The summed E-state index contributed by atoms with van der Waals surface area (Å²) < 4.78 is 7.04. The summed E-state index contributed by atoms with van der Waals surface area (Å²) >= 11 is 3.56. The first-order chi connectivity index (χ1) is 6.77. The van der Waals surface area contributed by atoms with Crippen LogP contribution in [0.1, 0.15) is 31.2 Å². The molecular formula is C12H15BrO. The van der Waals surface area contributed by atoms with Crippen LogP contribution in [0.4, 0.5) is 0 Å². The summed E-state index contributed by atoms with van der Waals surface area (Å²) in [5.41, 5.74) is 1.24. The lowest BCUT2D eigenvalue weighted by atomic mass is 10.2. The van der Waals surface area contributed by atoms with Crippen LogP contribution in [-0.2, 0) is 0 Å². The lowest BCUT2D eigenvalue weighted by molar-refractivity contribution is 0.208. The Kier molecular flexibility index (Phi) is 3.12. The van der Waals surface area contributed by atoms with Crippen molar-refractivity contribution >= 4 is 15.9 Å². The van der Waals surface area contributed by atoms with E-state index in [2.05, 4.69) is 28.9 Å². The van der Waals surface area contributed by atoms with Gasteiger partial charge in [0.2, 0.25) is 0 Å². The second kappa shape index (κ2) is 4.35. The highest BCUT2D eigenvalue weighted by Crippen LogP contribution is 2.31. The Balaban J connectivity index is 2.11. The minimum Gasteiger partial charge on any atom is -0.489 e. The fourth-order valence-electron chi connectivity index (χ4n) is 1.90. The standard InChI is InChI=1S/C12H15BrO/c1-9-5-4-8-11(12(9)13)14-10-6-2-3-7-10/h4-5,8,10H,2-3,6-7H2,1H3. The molecule has 0 amide bonds. The number of halogens is 1. The normalized spacial score (nSPS) is 17.3. The first kappa shape index (κ1) is 10.0. The van der Waals surface area contributed by atoms with E-state index in [1.54, 1.807) is 0 Å². The van der Waals surface area contributed by atoms with Crippen LogP contribution in [0.15, 0.2) is 22.7 Å². The van der Waals surface area contributed by atoms with Gasteiger partial charge in [0.05, 0.1) is 10.6 Å². The van der Waals surface area contributed by atoms with Crippen molar-refractivity contribution in [2.75, 3.05) is 0 Å². The third kappa shape index (κ3) is 2.11. The van der Waals surface area contributed by atoms with Gasteiger partial charge in [-0.1, -0.05) is 12.1 Å². The number of aryl methyl sites for hydroxylation is 1. The van der Waals surface area contributed by atoms with E-state index in [-0.39, 0.29) is 0 Å². The molecule has 1 nitrogen and oxygen atoms in total. The maximum Gasteiger partial charge on any atom is 0.134 e. The van der Waals surface area contributed by atoms with Crippen molar-refractivity contribution < 1.29 is 4.74 Å². The predicted molar refractivity (Wildman–Crippen MR) is 61.8 cm³/mol. The summed E-state index contributed by atoms with van der Waals surface area (Å²) in [6.45, 7) is 2.09. The van der Waals surface area contributed by atoms with Crippen molar-refractivity contribution in [1.82, 2.24) is 0 Å². The van der Waals surface area contributed by atoms with Crippen LogP contribution >= 0.6 is 15.9 Å². The largest absolute Gasteiger partial charge is 0.489 e. The number of benzene rings is 1. The zero-order valence-electron chi connectivity index (χ0n) is 8.42. The van der Waals surface area contributed by atoms with Gasteiger partial charge >= 0.3 is 0 Å². The SMILES string of the molecule is Cc1cccc(OC2CCCC2)c1Br. The van der Waals surface area contributed by atoms with Crippen LogP contribution in [0.3, 0.4) is 0 Å². The van der Waals surface area contributed by atoms with Crippen molar-refractivity contribution in [1.29, 1.82) is 0 Å². The molecule has 2 heteroatoms. The highest BCUT2D eigenvalue weighted by atomic mass is 79.9. The van der Waals surface area contributed by atoms with E-state index < -0.39 is 0 Å². The Morgan fingerprint density at radius 3 is 2.71 bits per heavy atom. The predicted octanol–water partition coefficient (Wildman–Crippen LogP) is 4.08. The molecular weight excluding hydrogens is 240 g/mol. The van der Waals surface area contributed by atoms with E-state index in [0.29, 0.717) is 6.10 Å². The average molecular weight is 255 g/mol. The highest BCUT2D eigenvalue weighted by Gasteiger charge is 2.17. The molecule has 1 aliphatic carbocycles. The van der Waals surface area contributed by atoms with Gasteiger partial charge in [-0.05, 0) is 60.2 Å². The first-order valence-electron chi connectivity index (χ1n) is 5.19. The van der Waals surface area contributed by atoms with Crippen molar-refractivity contribution in [2.24, 2.45) is 0 Å².